The fraction of sp³-hybridized carbons (Fsp3) is 0.588. The zero-order valence-corrected chi connectivity index (χ0v) is 13.0. The molecular formula is C17H25N3O2. The average Bonchev–Trinajstić information content (AvgIpc) is 3.04. The van der Waals surface area contributed by atoms with E-state index >= 15 is 0 Å². The van der Waals surface area contributed by atoms with Crippen molar-refractivity contribution >= 4 is 5.91 Å². The van der Waals surface area contributed by atoms with Gasteiger partial charge in [-0.15, -0.1) is 0 Å². The van der Waals surface area contributed by atoms with Gasteiger partial charge in [-0.05, 0) is 30.0 Å². The molecule has 1 aromatic rings. The number of hydrogen-bond acceptors (Lipinski definition) is 4. The summed E-state index contributed by atoms with van der Waals surface area (Å²) in [5, 5.41) is 0. The molecule has 0 aromatic heterocycles. The summed E-state index contributed by atoms with van der Waals surface area (Å²) in [6, 6.07) is 7.66. The number of carbonyl (C=O) groups is 1. The van der Waals surface area contributed by atoms with Crippen LogP contribution in [0.5, 0.6) is 0 Å². The topological polar surface area (TPSA) is 58.8 Å². The number of nitrogens with zero attached hydrogens (tertiary/aromatic N) is 2. The Labute approximate surface area is 132 Å². The molecule has 2 heterocycles. The third-order valence-electron chi connectivity index (χ3n) is 4.63. The molecule has 0 saturated carbocycles. The van der Waals surface area contributed by atoms with E-state index in [2.05, 4.69) is 4.90 Å². The molecule has 5 nitrogen and oxygen atoms in total. The summed E-state index contributed by atoms with van der Waals surface area (Å²) in [7, 11) is 0. The molecule has 0 unspecified atom stereocenters. The van der Waals surface area contributed by atoms with Crippen LogP contribution in [0.25, 0.3) is 0 Å². The van der Waals surface area contributed by atoms with Crippen LogP contribution in [0, 0.1) is 5.92 Å². The second kappa shape index (κ2) is 7.22. The van der Waals surface area contributed by atoms with Crippen molar-refractivity contribution in [2.75, 3.05) is 45.9 Å². The Morgan fingerprint density at radius 1 is 1.18 bits per heavy atom. The van der Waals surface area contributed by atoms with Crippen molar-refractivity contribution in [2.24, 2.45) is 11.7 Å². The zero-order chi connectivity index (χ0) is 15.4. The molecule has 0 bridgehead atoms. The molecular weight excluding hydrogens is 278 g/mol. The lowest BCUT2D eigenvalue weighted by atomic mass is 10.1. The summed E-state index contributed by atoms with van der Waals surface area (Å²) >= 11 is 0. The molecule has 0 radical (unpaired) electrons. The van der Waals surface area contributed by atoms with Crippen molar-refractivity contribution in [1.29, 1.82) is 0 Å². The quantitative estimate of drug-likeness (QED) is 0.899. The summed E-state index contributed by atoms with van der Waals surface area (Å²) in [6.45, 7) is 7.04. The van der Waals surface area contributed by atoms with E-state index in [-0.39, 0.29) is 5.91 Å². The summed E-state index contributed by atoms with van der Waals surface area (Å²) < 4.78 is 5.39. The molecule has 2 aliphatic rings. The summed E-state index contributed by atoms with van der Waals surface area (Å²) in [5.41, 5.74) is 7.42. The monoisotopic (exact) mass is 303 g/mol. The molecule has 2 N–H and O–H groups in total. The molecule has 22 heavy (non-hydrogen) atoms. The highest BCUT2D eigenvalue weighted by Gasteiger charge is 2.28. The Balaban J connectivity index is 1.53. The van der Waals surface area contributed by atoms with Gasteiger partial charge < -0.3 is 15.4 Å². The van der Waals surface area contributed by atoms with Gasteiger partial charge in [0, 0.05) is 44.8 Å². The third kappa shape index (κ3) is 3.66. The first-order chi connectivity index (χ1) is 10.8. The lowest BCUT2D eigenvalue weighted by Crippen LogP contribution is -2.40. The maximum atomic E-state index is 12.5. The van der Waals surface area contributed by atoms with Gasteiger partial charge in [-0.2, -0.15) is 0 Å². The van der Waals surface area contributed by atoms with E-state index < -0.39 is 0 Å². The second-order valence-electron chi connectivity index (χ2n) is 6.22. The number of rotatable bonds is 4. The van der Waals surface area contributed by atoms with Gasteiger partial charge in [-0.25, -0.2) is 0 Å². The van der Waals surface area contributed by atoms with Gasteiger partial charge in [0.05, 0.1) is 13.2 Å². The van der Waals surface area contributed by atoms with Crippen molar-refractivity contribution in [3.05, 3.63) is 35.4 Å². The highest BCUT2D eigenvalue weighted by atomic mass is 16.5. The van der Waals surface area contributed by atoms with E-state index in [0.29, 0.717) is 12.5 Å². The highest BCUT2D eigenvalue weighted by Crippen LogP contribution is 2.20. The molecule has 2 saturated heterocycles. The van der Waals surface area contributed by atoms with Gasteiger partial charge >= 0.3 is 0 Å². The van der Waals surface area contributed by atoms with Gasteiger partial charge in [0.1, 0.15) is 0 Å². The van der Waals surface area contributed by atoms with Crippen LogP contribution in [0.3, 0.4) is 0 Å². The number of hydrogen-bond donors (Lipinski definition) is 1. The van der Waals surface area contributed by atoms with Crippen LogP contribution in [0.15, 0.2) is 24.3 Å². The minimum absolute atomic E-state index is 0.146. The summed E-state index contributed by atoms with van der Waals surface area (Å²) in [5.74, 6) is 0.735. The first-order valence-corrected chi connectivity index (χ1v) is 8.14. The number of carbonyl (C=O) groups excluding carboxylic acids is 1. The SMILES string of the molecule is NCc1ccc(C(=O)N2CC[C@H](CN3CCOCC3)C2)cc1. The maximum Gasteiger partial charge on any atom is 0.253 e. The van der Waals surface area contributed by atoms with Crippen molar-refractivity contribution in [3.63, 3.8) is 0 Å². The van der Waals surface area contributed by atoms with Crippen LogP contribution in [0.2, 0.25) is 0 Å². The molecule has 0 spiro atoms. The van der Waals surface area contributed by atoms with E-state index in [9.17, 15) is 4.79 Å². The van der Waals surface area contributed by atoms with E-state index in [0.717, 1.165) is 63.5 Å². The van der Waals surface area contributed by atoms with Gasteiger partial charge in [0.2, 0.25) is 0 Å². The van der Waals surface area contributed by atoms with Gasteiger partial charge in [0.15, 0.2) is 0 Å². The van der Waals surface area contributed by atoms with Crippen molar-refractivity contribution in [2.45, 2.75) is 13.0 Å². The lowest BCUT2D eigenvalue weighted by Gasteiger charge is -2.29. The molecule has 1 amide bonds. The molecule has 0 aliphatic carbocycles. The van der Waals surface area contributed by atoms with Crippen molar-refractivity contribution in [1.82, 2.24) is 9.80 Å². The fourth-order valence-corrected chi connectivity index (χ4v) is 3.28. The lowest BCUT2D eigenvalue weighted by molar-refractivity contribution is 0.0310. The smallest absolute Gasteiger partial charge is 0.253 e. The first kappa shape index (κ1) is 15.5. The average molecular weight is 303 g/mol. The summed E-state index contributed by atoms with van der Waals surface area (Å²) in [6.07, 6.45) is 1.10. The Hall–Kier alpha value is -1.43. The van der Waals surface area contributed by atoms with Gasteiger partial charge in [0.25, 0.3) is 5.91 Å². The van der Waals surface area contributed by atoms with Crippen LogP contribution in [-0.4, -0.2) is 61.6 Å². The molecule has 1 atom stereocenters. The van der Waals surface area contributed by atoms with Gasteiger partial charge in [-0.1, -0.05) is 12.1 Å². The van der Waals surface area contributed by atoms with Crippen molar-refractivity contribution < 1.29 is 9.53 Å². The Kier molecular flexibility index (Phi) is 5.08. The zero-order valence-electron chi connectivity index (χ0n) is 13.0. The van der Waals surface area contributed by atoms with Crippen LogP contribution in [-0.2, 0) is 11.3 Å². The highest BCUT2D eigenvalue weighted by molar-refractivity contribution is 5.94. The van der Waals surface area contributed by atoms with Gasteiger partial charge in [-0.3, -0.25) is 9.69 Å². The predicted molar refractivity (Wildman–Crippen MR) is 85.6 cm³/mol. The number of nitrogens with two attached hydrogens (primary N) is 1. The number of likely N-dealkylation sites (tertiary alicyclic amines) is 1. The number of ether oxygens (including phenoxy) is 1. The van der Waals surface area contributed by atoms with E-state index in [4.69, 9.17) is 10.5 Å². The fourth-order valence-electron chi connectivity index (χ4n) is 3.28. The predicted octanol–water partition coefficient (Wildman–Crippen LogP) is 0.940. The molecule has 5 heteroatoms. The molecule has 3 rings (SSSR count). The Morgan fingerprint density at radius 3 is 2.59 bits per heavy atom. The van der Waals surface area contributed by atoms with Crippen LogP contribution >= 0.6 is 0 Å². The van der Waals surface area contributed by atoms with Crippen LogP contribution in [0.4, 0.5) is 0 Å². The minimum atomic E-state index is 0.146. The first-order valence-electron chi connectivity index (χ1n) is 8.14. The number of amides is 1. The summed E-state index contributed by atoms with van der Waals surface area (Å²) in [4.78, 5) is 17.0. The number of benzene rings is 1. The standard InChI is InChI=1S/C17H25N3O2/c18-11-14-1-3-16(4-2-14)17(21)20-6-5-15(13-20)12-19-7-9-22-10-8-19/h1-4,15H,5-13,18H2/t15-/m1/s1. The van der Waals surface area contributed by atoms with E-state index in [1.54, 1.807) is 0 Å². The molecule has 2 aliphatic heterocycles. The van der Waals surface area contributed by atoms with Crippen LogP contribution < -0.4 is 5.73 Å². The van der Waals surface area contributed by atoms with E-state index in [1.807, 2.05) is 29.2 Å². The van der Waals surface area contributed by atoms with Crippen LogP contribution in [0.1, 0.15) is 22.3 Å². The Morgan fingerprint density at radius 2 is 1.91 bits per heavy atom. The maximum absolute atomic E-state index is 12.5. The molecule has 120 valence electrons. The largest absolute Gasteiger partial charge is 0.379 e. The Bertz CT molecular complexity index is 497. The van der Waals surface area contributed by atoms with Crippen molar-refractivity contribution in [3.8, 4) is 0 Å². The molecule has 1 aromatic carbocycles. The normalized spacial score (nSPS) is 23.0. The second-order valence-corrected chi connectivity index (χ2v) is 6.22. The molecule has 2 fully saturated rings. The third-order valence-corrected chi connectivity index (χ3v) is 4.63. The van der Waals surface area contributed by atoms with E-state index in [1.165, 1.54) is 0 Å². The number of morpholine rings is 1. The minimum Gasteiger partial charge on any atom is -0.379 e.